The molecular formula is C16H21F2NO2. The molecular weight excluding hydrogens is 276 g/mol. The Hall–Kier alpha value is -1.49. The predicted octanol–water partition coefficient (Wildman–Crippen LogP) is 3.08. The largest absolute Gasteiger partial charge is 0.481 e. The van der Waals surface area contributed by atoms with Gasteiger partial charge in [-0.25, -0.2) is 8.78 Å². The quantitative estimate of drug-likeness (QED) is 0.908. The molecule has 0 bridgehead atoms. The lowest BCUT2D eigenvalue weighted by Gasteiger charge is -2.36. The van der Waals surface area contributed by atoms with Crippen LogP contribution in [0, 0.1) is 17.6 Å². The van der Waals surface area contributed by atoms with Crippen LogP contribution in [-0.4, -0.2) is 35.1 Å². The maximum absolute atomic E-state index is 13.8. The summed E-state index contributed by atoms with van der Waals surface area (Å²) in [4.78, 5) is 13.2. The number of carbonyl (C=O) groups is 1. The van der Waals surface area contributed by atoms with Gasteiger partial charge in [-0.3, -0.25) is 9.69 Å². The highest BCUT2D eigenvalue weighted by Gasteiger charge is 2.26. The van der Waals surface area contributed by atoms with Crippen LogP contribution in [0.4, 0.5) is 8.78 Å². The Balaban J connectivity index is 2.12. The van der Waals surface area contributed by atoms with Crippen molar-refractivity contribution in [3.63, 3.8) is 0 Å². The van der Waals surface area contributed by atoms with Crippen LogP contribution in [0.2, 0.25) is 0 Å². The van der Waals surface area contributed by atoms with E-state index in [9.17, 15) is 13.6 Å². The molecule has 2 rings (SSSR count). The van der Waals surface area contributed by atoms with Crippen LogP contribution in [0.5, 0.6) is 0 Å². The number of halogens is 2. The molecule has 0 spiro atoms. The average molecular weight is 297 g/mol. The molecule has 1 atom stereocenters. The number of nitrogens with zero attached hydrogens (tertiary/aromatic N) is 1. The van der Waals surface area contributed by atoms with Crippen molar-refractivity contribution in [2.24, 2.45) is 5.92 Å². The first-order valence-electron chi connectivity index (χ1n) is 7.35. The zero-order valence-corrected chi connectivity index (χ0v) is 12.2. The van der Waals surface area contributed by atoms with E-state index in [0.717, 1.165) is 44.1 Å². The van der Waals surface area contributed by atoms with Crippen molar-refractivity contribution in [2.75, 3.05) is 13.1 Å². The summed E-state index contributed by atoms with van der Waals surface area (Å²) in [7, 11) is 0. The lowest BCUT2D eigenvalue weighted by Crippen LogP contribution is -2.43. The topological polar surface area (TPSA) is 40.5 Å². The van der Waals surface area contributed by atoms with Crippen LogP contribution in [-0.2, 0) is 11.2 Å². The van der Waals surface area contributed by atoms with Gasteiger partial charge in [0, 0.05) is 6.04 Å². The van der Waals surface area contributed by atoms with Crippen LogP contribution < -0.4 is 0 Å². The average Bonchev–Trinajstić information content (AvgIpc) is 2.42. The summed E-state index contributed by atoms with van der Waals surface area (Å²) in [6, 6.07) is 3.05. The third-order valence-electron chi connectivity index (χ3n) is 4.21. The lowest BCUT2D eigenvalue weighted by atomic mass is 9.94. The molecule has 0 amide bonds. The van der Waals surface area contributed by atoms with Crippen molar-refractivity contribution < 1.29 is 18.7 Å². The molecule has 0 aromatic heterocycles. The zero-order chi connectivity index (χ0) is 15.4. The number of carboxylic acid groups (broad SMARTS) is 1. The molecule has 0 aliphatic carbocycles. The van der Waals surface area contributed by atoms with Crippen molar-refractivity contribution in [2.45, 2.75) is 38.6 Å². The Bertz CT molecular complexity index is 499. The van der Waals surface area contributed by atoms with Gasteiger partial charge in [0.2, 0.25) is 0 Å². The molecule has 1 fully saturated rings. The summed E-state index contributed by atoms with van der Waals surface area (Å²) < 4.78 is 27.0. The number of benzene rings is 1. The SMILES string of the molecule is CC1CCN(C(CC(=O)O)Cc2cc(F)ccc2F)CC1. The lowest BCUT2D eigenvalue weighted by molar-refractivity contribution is -0.138. The molecule has 0 radical (unpaired) electrons. The summed E-state index contributed by atoms with van der Waals surface area (Å²) in [5, 5.41) is 9.07. The fourth-order valence-corrected chi connectivity index (χ4v) is 2.88. The number of aliphatic carboxylic acids is 1. The van der Waals surface area contributed by atoms with E-state index in [-0.39, 0.29) is 24.4 Å². The monoisotopic (exact) mass is 297 g/mol. The van der Waals surface area contributed by atoms with Gasteiger partial charge >= 0.3 is 5.97 Å². The van der Waals surface area contributed by atoms with Gasteiger partial charge in [-0.05, 0) is 62.0 Å². The molecule has 21 heavy (non-hydrogen) atoms. The predicted molar refractivity (Wildman–Crippen MR) is 76.1 cm³/mol. The molecule has 116 valence electrons. The highest BCUT2D eigenvalue weighted by atomic mass is 19.1. The third kappa shape index (κ3) is 4.49. The highest BCUT2D eigenvalue weighted by Crippen LogP contribution is 2.22. The molecule has 1 aliphatic heterocycles. The molecule has 1 N–H and O–H groups in total. The molecule has 1 heterocycles. The minimum absolute atomic E-state index is 0.0513. The van der Waals surface area contributed by atoms with Crippen LogP contribution in [0.1, 0.15) is 31.7 Å². The van der Waals surface area contributed by atoms with E-state index in [1.807, 2.05) is 0 Å². The molecule has 1 aromatic rings. The highest BCUT2D eigenvalue weighted by molar-refractivity contribution is 5.67. The van der Waals surface area contributed by atoms with Crippen LogP contribution >= 0.6 is 0 Å². The summed E-state index contributed by atoms with van der Waals surface area (Å²) in [5.41, 5.74) is 0.250. The third-order valence-corrected chi connectivity index (χ3v) is 4.21. The van der Waals surface area contributed by atoms with Crippen molar-refractivity contribution >= 4 is 5.97 Å². The second-order valence-electron chi connectivity index (χ2n) is 5.91. The number of piperidine rings is 1. The Kier molecular flexibility index (Phi) is 5.28. The molecule has 1 aliphatic rings. The molecule has 3 nitrogen and oxygen atoms in total. The fraction of sp³-hybridized carbons (Fsp3) is 0.562. The molecule has 0 saturated carbocycles. The van der Waals surface area contributed by atoms with E-state index >= 15 is 0 Å². The number of rotatable bonds is 5. The number of hydrogen-bond acceptors (Lipinski definition) is 2. The Labute approximate surface area is 123 Å². The van der Waals surface area contributed by atoms with E-state index < -0.39 is 17.6 Å². The van der Waals surface area contributed by atoms with Crippen molar-refractivity contribution in [1.29, 1.82) is 0 Å². The van der Waals surface area contributed by atoms with Gasteiger partial charge in [-0.1, -0.05) is 6.92 Å². The first-order chi connectivity index (χ1) is 9.95. The summed E-state index contributed by atoms with van der Waals surface area (Å²) in [6.07, 6.45) is 2.21. The maximum atomic E-state index is 13.8. The van der Waals surface area contributed by atoms with Gasteiger partial charge in [0.15, 0.2) is 0 Å². The van der Waals surface area contributed by atoms with Crippen molar-refractivity contribution in [1.82, 2.24) is 4.90 Å². The fourth-order valence-electron chi connectivity index (χ4n) is 2.88. The van der Waals surface area contributed by atoms with Crippen molar-refractivity contribution in [3.05, 3.63) is 35.4 Å². The minimum Gasteiger partial charge on any atom is -0.481 e. The minimum atomic E-state index is -0.907. The molecule has 1 saturated heterocycles. The Morgan fingerprint density at radius 3 is 2.67 bits per heavy atom. The normalized spacial score (nSPS) is 18.6. The van der Waals surface area contributed by atoms with Gasteiger partial charge in [-0.2, -0.15) is 0 Å². The van der Waals surface area contributed by atoms with E-state index in [2.05, 4.69) is 11.8 Å². The number of carboxylic acids is 1. The maximum Gasteiger partial charge on any atom is 0.304 e. The first kappa shape index (κ1) is 15.9. The number of hydrogen-bond donors (Lipinski definition) is 1. The number of likely N-dealkylation sites (tertiary alicyclic amines) is 1. The summed E-state index contributed by atoms with van der Waals surface area (Å²) >= 11 is 0. The van der Waals surface area contributed by atoms with Crippen LogP contribution in [0.25, 0.3) is 0 Å². The standard InChI is InChI=1S/C16H21F2NO2/c1-11-4-6-19(7-5-11)14(10-16(20)21)9-12-8-13(17)2-3-15(12)18/h2-3,8,11,14H,4-7,9-10H2,1H3,(H,20,21). The van der Waals surface area contributed by atoms with Gasteiger partial charge in [-0.15, -0.1) is 0 Å². The van der Waals surface area contributed by atoms with E-state index in [1.54, 1.807) is 0 Å². The van der Waals surface area contributed by atoms with Crippen LogP contribution in [0.3, 0.4) is 0 Å². The first-order valence-corrected chi connectivity index (χ1v) is 7.35. The Morgan fingerprint density at radius 2 is 2.05 bits per heavy atom. The van der Waals surface area contributed by atoms with Crippen molar-refractivity contribution in [3.8, 4) is 0 Å². The summed E-state index contributed by atoms with van der Waals surface area (Å²) in [6.45, 7) is 3.81. The molecule has 1 unspecified atom stereocenters. The van der Waals surface area contributed by atoms with Gasteiger partial charge in [0.25, 0.3) is 0 Å². The second kappa shape index (κ2) is 6.98. The van der Waals surface area contributed by atoms with E-state index in [0.29, 0.717) is 5.92 Å². The van der Waals surface area contributed by atoms with Crippen LogP contribution in [0.15, 0.2) is 18.2 Å². The summed E-state index contributed by atoms with van der Waals surface area (Å²) in [5.74, 6) is -1.24. The second-order valence-corrected chi connectivity index (χ2v) is 5.91. The Morgan fingerprint density at radius 1 is 1.38 bits per heavy atom. The zero-order valence-electron chi connectivity index (χ0n) is 12.2. The molecule has 5 heteroatoms. The van der Waals surface area contributed by atoms with E-state index in [1.165, 1.54) is 0 Å². The smallest absolute Gasteiger partial charge is 0.304 e. The van der Waals surface area contributed by atoms with Gasteiger partial charge in [0.1, 0.15) is 11.6 Å². The van der Waals surface area contributed by atoms with Gasteiger partial charge in [0.05, 0.1) is 6.42 Å². The molecule has 1 aromatic carbocycles. The van der Waals surface area contributed by atoms with Gasteiger partial charge < -0.3 is 5.11 Å². The van der Waals surface area contributed by atoms with E-state index in [4.69, 9.17) is 5.11 Å².